The fourth-order valence-electron chi connectivity index (χ4n) is 3.43. The minimum atomic E-state index is -0.498. The molecule has 0 atom stereocenters. The van der Waals surface area contributed by atoms with Crippen LogP contribution in [0.4, 0.5) is 5.69 Å². The van der Waals surface area contributed by atoms with Crippen LogP contribution in [0.15, 0.2) is 53.4 Å². The van der Waals surface area contributed by atoms with Gasteiger partial charge in [0.15, 0.2) is 4.32 Å². The number of thiocarbonyl (C=S) groups is 1. The molecule has 2 aromatic rings. The quantitative estimate of drug-likeness (QED) is 0.584. The van der Waals surface area contributed by atoms with Crippen molar-refractivity contribution in [2.45, 2.75) is 20.3 Å². The Morgan fingerprint density at radius 3 is 2.47 bits per heavy atom. The van der Waals surface area contributed by atoms with E-state index >= 15 is 0 Å². The zero-order chi connectivity index (χ0) is 21.4. The van der Waals surface area contributed by atoms with Gasteiger partial charge in [-0.15, -0.1) is 0 Å². The van der Waals surface area contributed by atoms with Crippen LogP contribution in [0.2, 0.25) is 0 Å². The first-order valence-corrected chi connectivity index (χ1v) is 10.7. The van der Waals surface area contributed by atoms with E-state index in [2.05, 4.69) is 5.43 Å². The summed E-state index contributed by atoms with van der Waals surface area (Å²) in [7, 11) is 0. The summed E-state index contributed by atoms with van der Waals surface area (Å²) in [6.07, 6.45) is 0.793. The summed E-state index contributed by atoms with van der Waals surface area (Å²) < 4.78 is 0.183. The molecule has 0 spiro atoms. The van der Waals surface area contributed by atoms with Crippen molar-refractivity contribution in [2.24, 2.45) is 0 Å². The van der Waals surface area contributed by atoms with Crippen molar-refractivity contribution in [1.82, 2.24) is 10.4 Å². The molecule has 1 N–H and O–H groups in total. The number of rotatable bonds is 4. The Morgan fingerprint density at radius 2 is 1.77 bits per heavy atom. The first-order chi connectivity index (χ1) is 14.4. The Labute approximate surface area is 183 Å². The van der Waals surface area contributed by atoms with Crippen molar-refractivity contribution in [3.63, 3.8) is 0 Å². The first kappa shape index (κ1) is 20.3. The molecule has 0 bridgehead atoms. The SMILES string of the molecule is CCCN1C(=O)/C(=C2\SC(=S)N(NC(=O)c3ccc(C)cc3)C2=O)c2ccccc21. The van der Waals surface area contributed by atoms with Gasteiger partial charge in [-0.1, -0.05) is 54.6 Å². The molecule has 0 aromatic heterocycles. The van der Waals surface area contributed by atoms with Gasteiger partial charge in [0.2, 0.25) is 0 Å². The third-order valence-corrected chi connectivity index (χ3v) is 6.27. The predicted molar refractivity (Wildman–Crippen MR) is 122 cm³/mol. The summed E-state index contributed by atoms with van der Waals surface area (Å²) in [6, 6.07) is 14.4. The molecule has 1 fully saturated rings. The third-order valence-electron chi connectivity index (χ3n) is 4.89. The smallest absolute Gasteiger partial charge is 0.286 e. The van der Waals surface area contributed by atoms with Gasteiger partial charge in [-0.05, 0) is 43.8 Å². The van der Waals surface area contributed by atoms with Crippen LogP contribution in [0.25, 0.3) is 5.57 Å². The van der Waals surface area contributed by atoms with Crippen molar-refractivity contribution in [2.75, 3.05) is 11.4 Å². The van der Waals surface area contributed by atoms with Gasteiger partial charge in [-0.3, -0.25) is 19.8 Å². The van der Waals surface area contributed by atoms with Gasteiger partial charge in [0.25, 0.3) is 17.7 Å². The number of anilines is 1. The van der Waals surface area contributed by atoms with E-state index in [1.165, 1.54) is 0 Å². The molecule has 2 heterocycles. The fraction of sp³-hybridized carbons (Fsp3) is 0.182. The van der Waals surface area contributed by atoms with Crippen LogP contribution in [-0.4, -0.2) is 33.6 Å². The number of amides is 3. The lowest BCUT2D eigenvalue weighted by Crippen LogP contribution is -2.45. The first-order valence-electron chi connectivity index (χ1n) is 9.51. The summed E-state index contributed by atoms with van der Waals surface area (Å²) in [4.78, 5) is 40.7. The van der Waals surface area contributed by atoms with Gasteiger partial charge in [-0.25, -0.2) is 0 Å². The minimum Gasteiger partial charge on any atom is -0.308 e. The summed E-state index contributed by atoms with van der Waals surface area (Å²) in [5, 5.41) is 1.04. The average Bonchev–Trinajstić information content (AvgIpc) is 3.16. The molecule has 2 aromatic carbocycles. The second kappa shape index (κ2) is 8.04. The van der Waals surface area contributed by atoms with E-state index in [0.717, 1.165) is 34.4 Å². The Morgan fingerprint density at radius 1 is 1.07 bits per heavy atom. The molecule has 4 rings (SSSR count). The number of carbonyl (C=O) groups excluding carboxylic acids is 3. The molecule has 0 unspecified atom stereocenters. The van der Waals surface area contributed by atoms with Crippen molar-refractivity contribution in [3.05, 3.63) is 70.1 Å². The van der Waals surface area contributed by atoms with Gasteiger partial charge in [0.1, 0.15) is 0 Å². The van der Waals surface area contributed by atoms with Crippen LogP contribution in [0.5, 0.6) is 0 Å². The predicted octanol–water partition coefficient (Wildman–Crippen LogP) is 3.67. The number of para-hydroxylation sites is 1. The maximum Gasteiger partial charge on any atom is 0.286 e. The lowest BCUT2D eigenvalue weighted by Gasteiger charge is -2.16. The van der Waals surface area contributed by atoms with E-state index in [1.54, 1.807) is 17.0 Å². The van der Waals surface area contributed by atoms with Crippen molar-refractivity contribution in [1.29, 1.82) is 0 Å². The van der Waals surface area contributed by atoms with E-state index < -0.39 is 11.8 Å². The largest absolute Gasteiger partial charge is 0.308 e. The molecule has 3 amide bonds. The molecule has 2 aliphatic rings. The number of benzene rings is 2. The fourth-order valence-corrected chi connectivity index (χ4v) is 4.68. The zero-order valence-corrected chi connectivity index (χ0v) is 18.1. The van der Waals surface area contributed by atoms with Crippen LogP contribution in [-0.2, 0) is 9.59 Å². The van der Waals surface area contributed by atoms with Crippen LogP contribution >= 0.6 is 24.0 Å². The van der Waals surface area contributed by atoms with Crippen LogP contribution < -0.4 is 10.3 Å². The Hall–Kier alpha value is -2.97. The number of nitrogens with zero attached hydrogens (tertiary/aromatic N) is 2. The summed E-state index contributed by atoms with van der Waals surface area (Å²) in [6.45, 7) is 4.48. The number of hydrogen-bond acceptors (Lipinski definition) is 5. The minimum absolute atomic E-state index is 0.183. The highest BCUT2D eigenvalue weighted by molar-refractivity contribution is 8.26. The summed E-state index contributed by atoms with van der Waals surface area (Å²) in [5.41, 5.74) is 5.84. The lowest BCUT2D eigenvalue weighted by atomic mass is 10.1. The molecular weight excluding hydrogens is 418 g/mol. The van der Waals surface area contributed by atoms with Crippen molar-refractivity contribution in [3.8, 4) is 0 Å². The molecule has 8 heteroatoms. The Balaban J connectivity index is 1.67. The Kier molecular flexibility index (Phi) is 5.44. The topological polar surface area (TPSA) is 69.7 Å². The molecular formula is C22H19N3O3S2. The van der Waals surface area contributed by atoms with Crippen LogP contribution in [0.3, 0.4) is 0 Å². The molecule has 1 saturated heterocycles. The molecule has 6 nitrogen and oxygen atoms in total. The van der Waals surface area contributed by atoms with Crippen molar-refractivity contribution >= 4 is 57.3 Å². The number of carbonyl (C=O) groups is 3. The molecule has 0 saturated carbocycles. The molecule has 0 radical (unpaired) electrons. The highest BCUT2D eigenvalue weighted by Gasteiger charge is 2.42. The van der Waals surface area contributed by atoms with Gasteiger partial charge in [0.05, 0.1) is 16.2 Å². The zero-order valence-electron chi connectivity index (χ0n) is 16.5. The highest BCUT2D eigenvalue weighted by Crippen LogP contribution is 2.44. The number of fused-ring (bicyclic) bond motifs is 1. The standard InChI is InChI=1S/C22H19N3O3S2/c1-3-12-24-16-7-5-4-6-15(16)17(20(24)27)18-21(28)25(22(29)30-18)23-19(26)14-10-8-13(2)9-11-14/h4-11H,3,12H2,1-2H3,(H,23,26)/b18-17-. The number of nitrogens with one attached hydrogen (secondary N) is 1. The van der Waals surface area contributed by atoms with Gasteiger partial charge < -0.3 is 4.90 Å². The Bertz CT molecular complexity index is 1110. The number of thioether (sulfide) groups is 1. The maximum absolute atomic E-state index is 13.1. The third kappa shape index (κ3) is 3.42. The van der Waals surface area contributed by atoms with E-state index in [9.17, 15) is 14.4 Å². The second-order valence-corrected chi connectivity index (χ2v) is 8.64. The van der Waals surface area contributed by atoms with E-state index in [1.807, 2.05) is 50.2 Å². The summed E-state index contributed by atoms with van der Waals surface area (Å²) >= 11 is 6.36. The maximum atomic E-state index is 13.1. The molecule has 152 valence electrons. The van der Waals surface area contributed by atoms with E-state index in [4.69, 9.17) is 12.2 Å². The lowest BCUT2D eigenvalue weighted by molar-refractivity contribution is -0.124. The van der Waals surface area contributed by atoms with Gasteiger partial charge >= 0.3 is 0 Å². The van der Waals surface area contributed by atoms with Crippen molar-refractivity contribution < 1.29 is 14.4 Å². The van der Waals surface area contributed by atoms with E-state index in [0.29, 0.717) is 23.2 Å². The van der Waals surface area contributed by atoms with Crippen LogP contribution in [0, 0.1) is 6.92 Å². The number of aryl methyl sites for hydroxylation is 1. The highest BCUT2D eigenvalue weighted by atomic mass is 32.2. The monoisotopic (exact) mass is 437 g/mol. The van der Waals surface area contributed by atoms with Gasteiger partial charge in [0, 0.05) is 17.7 Å². The number of hydrazine groups is 1. The average molecular weight is 438 g/mol. The summed E-state index contributed by atoms with van der Waals surface area (Å²) in [5.74, 6) is -1.16. The molecule has 0 aliphatic carbocycles. The normalized spacial score (nSPS) is 18.3. The van der Waals surface area contributed by atoms with Crippen LogP contribution in [0.1, 0.15) is 34.8 Å². The van der Waals surface area contributed by atoms with Gasteiger partial charge in [-0.2, -0.15) is 5.01 Å². The van der Waals surface area contributed by atoms with E-state index in [-0.39, 0.29) is 15.1 Å². The number of hydrogen-bond donors (Lipinski definition) is 1. The molecule has 2 aliphatic heterocycles. The molecule has 30 heavy (non-hydrogen) atoms. The second-order valence-electron chi connectivity index (χ2n) is 6.99.